The van der Waals surface area contributed by atoms with E-state index >= 15 is 0 Å². The highest BCUT2D eigenvalue weighted by molar-refractivity contribution is 5.97. The van der Waals surface area contributed by atoms with Crippen molar-refractivity contribution in [3.05, 3.63) is 30.1 Å². The molecule has 0 aliphatic heterocycles. The highest BCUT2D eigenvalue weighted by Crippen LogP contribution is 2.41. The van der Waals surface area contributed by atoms with Crippen LogP contribution in [-0.2, 0) is 11.3 Å². The molecule has 3 N–H and O–H groups in total. The standard InChI is InChI=1S/C18H24N6O3/c1-27-15-6-5-13(17(19)26)9-14(15)21-16(25)10-18(7-3-2-4-8-18)11-24-12-20-22-23-24/h5-6,9,12H,2-4,7-8,10-11H2,1H3,(H2,19,26)(H,21,25). The van der Waals surface area contributed by atoms with Crippen molar-refractivity contribution in [1.82, 2.24) is 20.2 Å². The molecule has 1 saturated carbocycles. The maximum atomic E-state index is 12.8. The summed E-state index contributed by atoms with van der Waals surface area (Å²) in [6.45, 7) is 0.603. The number of carbonyl (C=O) groups is 2. The third-order valence-corrected chi connectivity index (χ3v) is 5.10. The fourth-order valence-electron chi connectivity index (χ4n) is 3.78. The number of ether oxygens (including phenoxy) is 1. The van der Waals surface area contributed by atoms with Gasteiger partial charge in [-0.05, 0) is 46.9 Å². The van der Waals surface area contributed by atoms with Gasteiger partial charge in [0.15, 0.2) is 0 Å². The van der Waals surface area contributed by atoms with Crippen LogP contribution in [0.4, 0.5) is 5.69 Å². The number of anilines is 1. The Morgan fingerprint density at radius 1 is 1.30 bits per heavy atom. The molecule has 144 valence electrons. The Balaban J connectivity index is 1.76. The third-order valence-electron chi connectivity index (χ3n) is 5.10. The van der Waals surface area contributed by atoms with Crippen molar-refractivity contribution in [2.75, 3.05) is 12.4 Å². The van der Waals surface area contributed by atoms with Crippen molar-refractivity contribution >= 4 is 17.5 Å². The smallest absolute Gasteiger partial charge is 0.248 e. The molecule has 1 aliphatic carbocycles. The van der Waals surface area contributed by atoms with Gasteiger partial charge in [-0.3, -0.25) is 9.59 Å². The number of rotatable bonds is 7. The van der Waals surface area contributed by atoms with Crippen LogP contribution < -0.4 is 15.8 Å². The topological polar surface area (TPSA) is 125 Å². The Morgan fingerprint density at radius 2 is 2.07 bits per heavy atom. The molecule has 9 nitrogen and oxygen atoms in total. The normalized spacial score (nSPS) is 15.9. The van der Waals surface area contributed by atoms with Crippen molar-refractivity contribution in [1.29, 1.82) is 0 Å². The lowest BCUT2D eigenvalue weighted by atomic mass is 9.71. The Kier molecular flexibility index (Phi) is 5.68. The number of hydrogen-bond donors (Lipinski definition) is 2. The number of hydrogen-bond acceptors (Lipinski definition) is 6. The summed E-state index contributed by atoms with van der Waals surface area (Å²) in [4.78, 5) is 24.3. The Morgan fingerprint density at radius 3 is 2.70 bits per heavy atom. The second kappa shape index (κ2) is 8.15. The highest BCUT2D eigenvalue weighted by Gasteiger charge is 2.35. The predicted molar refractivity (Wildman–Crippen MR) is 98.1 cm³/mol. The van der Waals surface area contributed by atoms with Crippen LogP contribution in [0.1, 0.15) is 48.9 Å². The molecule has 1 aromatic carbocycles. The molecule has 1 aromatic heterocycles. The van der Waals surface area contributed by atoms with Crippen molar-refractivity contribution in [2.45, 2.75) is 45.1 Å². The first-order valence-electron chi connectivity index (χ1n) is 9.00. The van der Waals surface area contributed by atoms with E-state index < -0.39 is 5.91 Å². The van der Waals surface area contributed by atoms with Crippen LogP contribution in [0.25, 0.3) is 0 Å². The molecule has 0 bridgehead atoms. The molecule has 0 spiro atoms. The summed E-state index contributed by atoms with van der Waals surface area (Å²) in [7, 11) is 1.51. The number of nitrogens with two attached hydrogens (primary N) is 1. The second-order valence-electron chi connectivity index (χ2n) is 7.07. The highest BCUT2D eigenvalue weighted by atomic mass is 16.5. The Hall–Kier alpha value is -2.97. The van der Waals surface area contributed by atoms with Gasteiger partial charge < -0.3 is 15.8 Å². The summed E-state index contributed by atoms with van der Waals surface area (Å²) < 4.78 is 6.97. The monoisotopic (exact) mass is 372 g/mol. The van der Waals surface area contributed by atoms with E-state index in [4.69, 9.17) is 10.5 Å². The average molecular weight is 372 g/mol. The minimum Gasteiger partial charge on any atom is -0.495 e. The molecule has 1 aliphatic rings. The third kappa shape index (κ3) is 4.60. The van der Waals surface area contributed by atoms with Crippen molar-refractivity contribution in [3.63, 3.8) is 0 Å². The molecular formula is C18H24N6O3. The van der Waals surface area contributed by atoms with Crippen LogP contribution in [0, 0.1) is 5.41 Å². The average Bonchev–Trinajstić information content (AvgIpc) is 3.14. The number of aromatic nitrogens is 4. The molecule has 9 heteroatoms. The number of tetrazole rings is 1. The van der Waals surface area contributed by atoms with Gasteiger partial charge in [0.05, 0.1) is 19.3 Å². The van der Waals surface area contributed by atoms with Gasteiger partial charge in [-0.15, -0.1) is 5.10 Å². The lowest BCUT2D eigenvalue weighted by molar-refractivity contribution is -0.119. The maximum Gasteiger partial charge on any atom is 0.248 e. The Bertz CT molecular complexity index is 799. The molecule has 1 fully saturated rings. The van der Waals surface area contributed by atoms with Gasteiger partial charge in [0, 0.05) is 12.0 Å². The van der Waals surface area contributed by atoms with E-state index in [1.165, 1.54) is 19.6 Å². The van der Waals surface area contributed by atoms with Gasteiger partial charge in [-0.25, -0.2) is 4.68 Å². The van der Waals surface area contributed by atoms with E-state index in [1.807, 2.05) is 0 Å². The fourth-order valence-corrected chi connectivity index (χ4v) is 3.78. The van der Waals surface area contributed by atoms with E-state index in [9.17, 15) is 9.59 Å². The minimum absolute atomic E-state index is 0.134. The summed E-state index contributed by atoms with van der Waals surface area (Å²) >= 11 is 0. The van der Waals surface area contributed by atoms with Gasteiger partial charge in [-0.2, -0.15) is 0 Å². The second-order valence-corrected chi connectivity index (χ2v) is 7.07. The summed E-state index contributed by atoms with van der Waals surface area (Å²) in [5, 5.41) is 14.2. The van der Waals surface area contributed by atoms with Crippen LogP contribution in [0.5, 0.6) is 5.75 Å². The van der Waals surface area contributed by atoms with Crippen LogP contribution >= 0.6 is 0 Å². The van der Waals surface area contributed by atoms with Crippen molar-refractivity contribution in [3.8, 4) is 5.75 Å². The molecule has 0 radical (unpaired) electrons. The van der Waals surface area contributed by atoms with E-state index in [1.54, 1.807) is 23.1 Å². The Labute approximate surface area is 157 Å². The minimum atomic E-state index is -0.560. The summed E-state index contributed by atoms with van der Waals surface area (Å²) in [5.41, 5.74) is 5.90. The first kappa shape index (κ1) is 18.8. The van der Waals surface area contributed by atoms with Crippen LogP contribution in [0.15, 0.2) is 24.5 Å². The van der Waals surface area contributed by atoms with Crippen LogP contribution in [0.3, 0.4) is 0 Å². The molecule has 2 aromatic rings. The van der Waals surface area contributed by atoms with Gasteiger partial charge in [0.25, 0.3) is 0 Å². The fraction of sp³-hybridized carbons (Fsp3) is 0.500. The number of carbonyl (C=O) groups excluding carboxylic acids is 2. The lowest BCUT2D eigenvalue weighted by Gasteiger charge is -2.36. The summed E-state index contributed by atoms with van der Waals surface area (Å²) in [6, 6.07) is 4.72. The largest absolute Gasteiger partial charge is 0.495 e. The quantitative estimate of drug-likeness (QED) is 0.763. The van der Waals surface area contributed by atoms with E-state index in [2.05, 4.69) is 20.8 Å². The van der Waals surface area contributed by atoms with E-state index in [0.717, 1.165) is 25.7 Å². The maximum absolute atomic E-state index is 12.8. The number of nitrogens with zero attached hydrogens (tertiary/aromatic N) is 4. The van der Waals surface area contributed by atoms with Gasteiger partial charge in [0.2, 0.25) is 11.8 Å². The molecule has 3 rings (SSSR count). The molecule has 1 heterocycles. The number of amides is 2. The van der Waals surface area contributed by atoms with Crippen molar-refractivity contribution in [2.24, 2.45) is 11.1 Å². The molecule has 0 atom stereocenters. The van der Waals surface area contributed by atoms with Crippen LogP contribution in [0.2, 0.25) is 0 Å². The number of benzene rings is 1. The first-order chi connectivity index (χ1) is 13.0. The number of methoxy groups -OCH3 is 1. The zero-order valence-electron chi connectivity index (χ0n) is 15.4. The molecular weight excluding hydrogens is 348 g/mol. The zero-order chi connectivity index (χ0) is 19.3. The van der Waals surface area contributed by atoms with Gasteiger partial charge in [-0.1, -0.05) is 19.3 Å². The van der Waals surface area contributed by atoms with Gasteiger partial charge >= 0.3 is 0 Å². The zero-order valence-corrected chi connectivity index (χ0v) is 15.4. The van der Waals surface area contributed by atoms with Crippen LogP contribution in [-0.4, -0.2) is 39.1 Å². The van der Waals surface area contributed by atoms with E-state index in [0.29, 0.717) is 30.0 Å². The molecule has 0 unspecified atom stereocenters. The van der Waals surface area contributed by atoms with Crippen molar-refractivity contribution < 1.29 is 14.3 Å². The van der Waals surface area contributed by atoms with E-state index in [-0.39, 0.29) is 11.3 Å². The summed E-state index contributed by atoms with van der Waals surface area (Å²) in [6.07, 6.45) is 7.14. The number of primary amides is 1. The molecule has 0 saturated heterocycles. The molecule has 27 heavy (non-hydrogen) atoms. The first-order valence-corrected chi connectivity index (χ1v) is 9.00. The SMILES string of the molecule is COc1ccc(C(N)=O)cc1NC(=O)CC1(Cn2cnnn2)CCCCC1. The molecule has 2 amide bonds. The lowest BCUT2D eigenvalue weighted by Crippen LogP contribution is -2.34. The predicted octanol–water partition coefficient (Wildman–Crippen LogP) is 1.76. The number of nitrogens with one attached hydrogen (secondary N) is 1. The summed E-state index contributed by atoms with van der Waals surface area (Å²) in [5.74, 6) is -0.216. The van der Waals surface area contributed by atoms with Gasteiger partial charge in [0.1, 0.15) is 12.1 Å².